The van der Waals surface area contributed by atoms with Crippen LogP contribution in [0.25, 0.3) is 0 Å². The SMILES string of the molecule is CCCC(Cl)CCc1c(C)nn(C)c1Cl. The van der Waals surface area contributed by atoms with Gasteiger partial charge in [0.25, 0.3) is 0 Å². The van der Waals surface area contributed by atoms with Crippen LogP contribution >= 0.6 is 23.2 Å². The van der Waals surface area contributed by atoms with Crippen molar-refractivity contribution in [2.24, 2.45) is 7.05 Å². The average Bonchev–Trinajstić information content (AvgIpc) is 2.40. The van der Waals surface area contributed by atoms with Crippen molar-refractivity contribution in [1.82, 2.24) is 9.78 Å². The summed E-state index contributed by atoms with van der Waals surface area (Å²) in [5.74, 6) is 0. The molecule has 0 aromatic carbocycles. The highest BCUT2D eigenvalue weighted by atomic mass is 35.5. The number of halogens is 2. The quantitative estimate of drug-likeness (QED) is 0.727. The van der Waals surface area contributed by atoms with Crippen molar-refractivity contribution >= 4 is 23.2 Å². The average molecular weight is 249 g/mol. The molecule has 86 valence electrons. The lowest BCUT2D eigenvalue weighted by Crippen LogP contribution is -2.00. The molecule has 1 unspecified atom stereocenters. The first kappa shape index (κ1) is 12.9. The molecule has 0 aliphatic heterocycles. The van der Waals surface area contributed by atoms with Crippen LogP contribution in [0.15, 0.2) is 0 Å². The standard InChI is InChI=1S/C11H18Cl2N2/c1-4-5-9(12)6-7-10-8(2)14-15(3)11(10)13/h9H,4-7H2,1-3H3. The second kappa shape index (κ2) is 5.76. The zero-order valence-corrected chi connectivity index (χ0v) is 11.1. The molecule has 0 fully saturated rings. The normalized spacial score (nSPS) is 13.1. The molecule has 0 bridgehead atoms. The van der Waals surface area contributed by atoms with Crippen molar-refractivity contribution < 1.29 is 0 Å². The van der Waals surface area contributed by atoms with Gasteiger partial charge in [0.05, 0.1) is 5.69 Å². The Morgan fingerprint density at radius 2 is 2.07 bits per heavy atom. The van der Waals surface area contributed by atoms with Crippen LogP contribution in [-0.4, -0.2) is 15.2 Å². The Morgan fingerprint density at radius 1 is 1.40 bits per heavy atom. The van der Waals surface area contributed by atoms with Crippen molar-refractivity contribution in [3.8, 4) is 0 Å². The van der Waals surface area contributed by atoms with E-state index in [0.29, 0.717) is 0 Å². The van der Waals surface area contributed by atoms with E-state index in [0.717, 1.165) is 42.1 Å². The summed E-state index contributed by atoms with van der Waals surface area (Å²) in [6.07, 6.45) is 4.10. The van der Waals surface area contributed by atoms with Crippen molar-refractivity contribution in [3.05, 3.63) is 16.4 Å². The number of hydrogen-bond acceptors (Lipinski definition) is 1. The smallest absolute Gasteiger partial charge is 0.130 e. The first-order valence-electron chi connectivity index (χ1n) is 5.38. The highest BCUT2D eigenvalue weighted by molar-refractivity contribution is 6.30. The minimum Gasteiger partial charge on any atom is -0.257 e. The number of rotatable bonds is 5. The molecule has 0 saturated carbocycles. The maximum absolute atomic E-state index is 6.17. The minimum atomic E-state index is 0.255. The van der Waals surface area contributed by atoms with Gasteiger partial charge in [0.1, 0.15) is 5.15 Å². The minimum absolute atomic E-state index is 0.255. The largest absolute Gasteiger partial charge is 0.257 e. The Balaban J connectivity index is 2.57. The summed E-state index contributed by atoms with van der Waals surface area (Å²) in [5.41, 5.74) is 2.16. The van der Waals surface area contributed by atoms with Gasteiger partial charge in [-0.25, -0.2) is 0 Å². The van der Waals surface area contributed by atoms with E-state index >= 15 is 0 Å². The maximum atomic E-state index is 6.17. The van der Waals surface area contributed by atoms with E-state index in [4.69, 9.17) is 23.2 Å². The van der Waals surface area contributed by atoms with Gasteiger partial charge < -0.3 is 0 Å². The number of aromatic nitrogens is 2. The second-order valence-electron chi connectivity index (χ2n) is 3.90. The molecule has 4 heteroatoms. The summed E-state index contributed by atoms with van der Waals surface area (Å²) in [6, 6.07) is 0. The fourth-order valence-corrected chi connectivity index (χ4v) is 2.31. The molecule has 0 saturated heterocycles. The lowest BCUT2D eigenvalue weighted by molar-refractivity contribution is 0.674. The van der Waals surface area contributed by atoms with Crippen molar-refractivity contribution in [2.45, 2.75) is 44.9 Å². The molecule has 0 N–H and O–H groups in total. The first-order valence-corrected chi connectivity index (χ1v) is 6.19. The third-order valence-corrected chi connectivity index (χ3v) is 3.49. The summed E-state index contributed by atoms with van der Waals surface area (Å²) >= 11 is 12.3. The third kappa shape index (κ3) is 3.39. The van der Waals surface area contributed by atoms with Gasteiger partial charge in [-0.1, -0.05) is 24.9 Å². The summed E-state index contributed by atoms with van der Waals surface area (Å²) < 4.78 is 1.72. The molecule has 1 atom stereocenters. The van der Waals surface area contributed by atoms with Crippen molar-refractivity contribution in [3.63, 3.8) is 0 Å². The van der Waals surface area contributed by atoms with Crippen LogP contribution in [0.4, 0.5) is 0 Å². The van der Waals surface area contributed by atoms with Crippen LogP contribution < -0.4 is 0 Å². The van der Waals surface area contributed by atoms with E-state index in [2.05, 4.69) is 12.0 Å². The number of hydrogen-bond donors (Lipinski definition) is 0. The van der Waals surface area contributed by atoms with Crippen LogP contribution in [0.5, 0.6) is 0 Å². The second-order valence-corrected chi connectivity index (χ2v) is 4.88. The molecule has 0 aliphatic carbocycles. The highest BCUT2D eigenvalue weighted by Crippen LogP contribution is 2.22. The summed E-state index contributed by atoms with van der Waals surface area (Å²) in [4.78, 5) is 0. The monoisotopic (exact) mass is 248 g/mol. The molecule has 15 heavy (non-hydrogen) atoms. The van der Waals surface area contributed by atoms with Crippen LogP contribution in [0.2, 0.25) is 5.15 Å². The van der Waals surface area contributed by atoms with Crippen molar-refractivity contribution in [2.75, 3.05) is 0 Å². The Hall–Kier alpha value is -0.210. The Kier molecular flexibility index (Phi) is 4.94. The molecular weight excluding hydrogens is 231 g/mol. The van der Waals surface area contributed by atoms with Gasteiger partial charge in [-0.05, 0) is 26.2 Å². The van der Waals surface area contributed by atoms with Gasteiger partial charge in [0.15, 0.2) is 0 Å². The van der Waals surface area contributed by atoms with E-state index in [1.165, 1.54) is 0 Å². The molecule has 0 aliphatic rings. The Labute approximate surface area is 102 Å². The predicted molar refractivity (Wildman–Crippen MR) is 65.8 cm³/mol. The maximum Gasteiger partial charge on any atom is 0.130 e. The molecule has 1 heterocycles. The molecule has 1 rings (SSSR count). The molecule has 2 nitrogen and oxygen atoms in total. The molecule has 0 radical (unpaired) electrons. The zero-order chi connectivity index (χ0) is 11.4. The van der Waals surface area contributed by atoms with Gasteiger partial charge in [-0.3, -0.25) is 4.68 Å². The van der Waals surface area contributed by atoms with Crippen LogP contribution in [0.1, 0.15) is 37.4 Å². The summed E-state index contributed by atoms with van der Waals surface area (Å²) in [6.45, 7) is 4.14. The van der Waals surface area contributed by atoms with Crippen LogP contribution in [0.3, 0.4) is 0 Å². The van der Waals surface area contributed by atoms with Gasteiger partial charge in [-0.15, -0.1) is 11.6 Å². The van der Waals surface area contributed by atoms with E-state index in [9.17, 15) is 0 Å². The van der Waals surface area contributed by atoms with E-state index in [-0.39, 0.29) is 5.38 Å². The van der Waals surface area contributed by atoms with Crippen LogP contribution in [0, 0.1) is 6.92 Å². The van der Waals surface area contributed by atoms with E-state index in [1.54, 1.807) is 4.68 Å². The highest BCUT2D eigenvalue weighted by Gasteiger charge is 2.12. The first-order chi connectivity index (χ1) is 7.06. The third-order valence-electron chi connectivity index (χ3n) is 2.58. The number of nitrogens with zero attached hydrogens (tertiary/aromatic N) is 2. The van der Waals surface area contributed by atoms with E-state index < -0.39 is 0 Å². The fraction of sp³-hybridized carbons (Fsp3) is 0.727. The lowest BCUT2D eigenvalue weighted by Gasteiger charge is -2.07. The topological polar surface area (TPSA) is 17.8 Å². The number of aryl methyl sites for hydroxylation is 2. The summed E-state index contributed by atoms with van der Waals surface area (Å²) in [7, 11) is 1.86. The number of alkyl halides is 1. The molecule has 1 aromatic rings. The zero-order valence-electron chi connectivity index (χ0n) is 9.56. The molecule has 1 aromatic heterocycles. The Morgan fingerprint density at radius 3 is 2.53 bits per heavy atom. The Bertz CT molecular complexity index is 321. The van der Waals surface area contributed by atoms with Gasteiger partial charge >= 0.3 is 0 Å². The van der Waals surface area contributed by atoms with Gasteiger partial charge in [0, 0.05) is 18.0 Å². The molecule has 0 spiro atoms. The summed E-state index contributed by atoms with van der Waals surface area (Å²) in [5, 5.41) is 5.27. The molecular formula is C11H18Cl2N2. The predicted octanol–water partition coefficient (Wildman–Crippen LogP) is 3.72. The fourth-order valence-electron chi connectivity index (χ4n) is 1.72. The lowest BCUT2D eigenvalue weighted by atomic mass is 10.1. The molecule has 0 amide bonds. The van der Waals surface area contributed by atoms with Crippen molar-refractivity contribution in [1.29, 1.82) is 0 Å². The van der Waals surface area contributed by atoms with E-state index in [1.807, 2.05) is 14.0 Å². The van der Waals surface area contributed by atoms with Gasteiger partial charge in [0.2, 0.25) is 0 Å². The van der Waals surface area contributed by atoms with Gasteiger partial charge in [-0.2, -0.15) is 5.10 Å². The van der Waals surface area contributed by atoms with Crippen LogP contribution in [-0.2, 0) is 13.5 Å².